The van der Waals surface area contributed by atoms with E-state index < -0.39 is 5.91 Å². The summed E-state index contributed by atoms with van der Waals surface area (Å²) in [5.41, 5.74) is 9.35. The number of rotatable bonds is 6. The maximum absolute atomic E-state index is 11.6. The number of amides is 1. The van der Waals surface area contributed by atoms with Crippen molar-refractivity contribution in [2.45, 2.75) is 33.4 Å². The van der Waals surface area contributed by atoms with Gasteiger partial charge in [0.2, 0.25) is 5.91 Å². The molecule has 4 aromatic rings. The molecular formula is C20H21N5O2S. The molecule has 0 saturated heterocycles. The third kappa shape index (κ3) is 3.27. The van der Waals surface area contributed by atoms with E-state index in [1.807, 2.05) is 32.3 Å². The first kappa shape index (κ1) is 18.2. The Morgan fingerprint density at radius 3 is 2.86 bits per heavy atom. The van der Waals surface area contributed by atoms with Crippen LogP contribution >= 0.6 is 11.3 Å². The second-order valence-electron chi connectivity index (χ2n) is 6.70. The summed E-state index contributed by atoms with van der Waals surface area (Å²) in [6.45, 7) is 6.80. The standard InChI is InChI=1S/C20H21N5O2S/c1-4-25-10-22-13-6-8-16-17(18(13)25)24-20(28-16)23-14-9-12(19(21)26)5-7-15(14)27-11(2)3/h5-11H,4H2,1-3H3,(H2,21,26)(H,23,24). The van der Waals surface area contributed by atoms with Crippen molar-refractivity contribution in [1.82, 2.24) is 14.5 Å². The lowest BCUT2D eigenvalue weighted by molar-refractivity contribution is 0.100. The number of thiazole rings is 1. The number of anilines is 2. The van der Waals surface area contributed by atoms with Gasteiger partial charge in [0, 0.05) is 12.1 Å². The number of imidazole rings is 1. The van der Waals surface area contributed by atoms with Gasteiger partial charge in [-0.3, -0.25) is 4.79 Å². The Bertz CT molecular complexity index is 1180. The summed E-state index contributed by atoms with van der Waals surface area (Å²) in [5.74, 6) is 0.153. The third-order valence-corrected chi connectivity index (χ3v) is 5.28. The van der Waals surface area contributed by atoms with Crippen molar-refractivity contribution >= 4 is 49.3 Å². The van der Waals surface area contributed by atoms with Crippen molar-refractivity contribution in [3.8, 4) is 5.75 Å². The van der Waals surface area contributed by atoms with Gasteiger partial charge in [0.1, 0.15) is 11.3 Å². The molecule has 2 aromatic carbocycles. The first-order chi connectivity index (χ1) is 13.5. The lowest BCUT2D eigenvalue weighted by Crippen LogP contribution is -2.12. The molecule has 0 spiro atoms. The number of hydrogen-bond acceptors (Lipinski definition) is 6. The van der Waals surface area contributed by atoms with Gasteiger partial charge in [-0.1, -0.05) is 11.3 Å². The fourth-order valence-corrected chi connectivity index (χ4v) is 3.97. The number of primary amides is 1. The quantitative estimate of drug-likeness (QED) is 0.508. The van der Waals surface area contributed by atoms with Crippen LogP contribution in [-0.4, -0.2) is 26.5 Å². The number of nitrogens with zero attached hydrogens (tertiary/aromatic N) is 3. The van der Waals surface area contributed by atoms with Crippen LogP contribution in [0.25, 0.3) is 21.3 Å². The second-order valence-corrected chi connectivity index (χ2v) is 7.73. The largest absolute Gasteiger partial charge is 0.489 e. The zero-order chi connectivity index (χ0) is 19.8. The molecule has 0 aliphatic carbocycles. The Kier molecular flexibility index (Phi) is 4.64. The van der Waals surface area contributed by atoms with E-state index in [4.69, 9.17) is 15.5 Å². The highest BCUT2D eigenvalue weighted by molar-refractivity contribution is 7.22. The molecule has 0 bridgehead atoms. The van der Waals surface area contributed by atoms with Crippen LogP contribution in [0.15, 0.2) is 36.7 Å². The lowest BCUT2D eigenvalue weighted by Gasteiger charge is -2.15. The van der Waals surface area contributed by atoms with Crippen molar-refractivity contribution < 1.29 is 9.53 Å². The van der Waals surface area contributed by atoms with Crippen molar-refractivity contribution in [2.24, 2.45) is 5.73 Å². The van der Waals surface area contributed by atoms with Gasteiger partial charge >= 0.3 is 0 Å². The van der Waals surface area contributed by atoms with Crippen LogP contribution in [0.1, 0.15) is 31.1 Å². The zero-order valence-electron chi connectivity index (χ0n) is 15.9. The maximum atomic E-state index is 11.6. The highest BCUT2D eigenvalue weighted by Gasteiger charge is 2.15. The summed E-state index contributed by atoms with van der Waals surface area (Å²) in [6, 6.07) is 9.14. The van der Waals surface area contributed by atoms with E-state index in [2.05, 4.69) is 21.8 Å². The maximum Gasteiger partial charge on any atom is 0.248 e. The average Bonchev–Trinajstić information content (AvgIpc) is 3.25. The number of benzene rings is 2. The Morgan fingerprint density at radius 2 is 2.14 bits per heavy atom. The summed E-state index contributed by atoms with van der Waals surface area (Å²) in [4.78, 5) is 20.8. The van der Waals surface area contributed by atoms with Crippen LogP contribution in [0.2, 0.25) is 0 Å². The fraction of sp³-hybridized carbons (Fsp3) is 0.250. The van der Waals surface area contributed by atoms with Gasteiger partial charge < -0.3 is 20.4 Å². The molecule has 144 valence electrons. The second kappa shape index (κ2) is 7.12. The molecule has 0 radical (unpaired) electrons. The van der Waals surface area contributed by atoms with Crippen molar-refractivity contribution in [2.75, 3.05) is 5.32 Å². The predicted molar refractivity (Wildman–Crippen MR) is 113 cm³/mol. The molecule has 2 aromatic heterocycles. The van der Waals surface area contributed by atoms with E-state index in [-0.39, 0.29) is 6.10 Å². The number of ether oxygens (including phenoxy) is 1. The number of fused-ring (bicyclic) bond motifs is 3. The molecule has 1 amide bonds. The Balaban J connectivity index is 1.79. The molecule has 3 N–H and O–H groups in total. The third-order valence-electron chi connectivity index (χ3n) is 4.35. The van der Waals surface area contributed by atoms with E-state index in [9.17, 15) is 4.79 Å². The molecule has 0 aliphatic heterocycles. The van der Waals surface area contributed by atoms with Gasteiger partial charge in [-0.05, 0) is 51.1 Å². The highest BCUT2D eigenvalue weighted by atomic mass is 32.1. The summed E-state index contributed by atoms with van der Waals surface area (Å²) < 4.78 is 9.01. The summed E-state index contributed by atoms with van der Waals surface area (Å²) in [5, 5.41) is 4.01. The van der Waals surface area contributed by atoms with Gasteiger partial charge in [0.15, 0.2) is 5.13 Å². The first-order valence-electron chi connectivity index (χ1n) is 9.08. The Morgan fingerprint density at radius 1 is 1.32 bits per heavy atom. The van der Waals surface area contributed by atoms with Gasteiger partial charge in [-0.25, -0.2) is 9.97 Å². The number of hydrogen-bond donors (Lipinski definition) is 2. The van der Waals surface area contributed by atoms with Gasteiger partial charge in [-0.2, -0.15) is 0 Å². The number of carbonyl (C=O) groups excluding carboxylic acids is 1. The molecule has 0 aliphatic rings. The molecule has 4 rings (SSSR count). The molecule has 0 unspecified atom stereocenters. The van der Waals surface area contributed by atoms with Crippen molar-refractivity contribution in [3.05, 3.63) is 42.2 Å². The molecule has 2 heterocycles. The molecule has 0 saturated carbocycles. The molecule has 0 fully saturated rings. The monoisotopic (exact) mass is 395 g/mol. The minimum absolute atomic E-state index is 0.00567. The summed E-state index contributed by atoms with van der Waals surface area (Å²) in [6.07, 6.45) is 1.83. The SMILES string of the molecule is CCn1cnc2ccc3sc(Nc4cc(C(N)=O)ccc4OC(C)C)nc3c21. The normalized spacial score (nSPS) is 11.4. The van der Waals surface area contributed by atoms with Crippen LogP contribution in [-0.2, 0) is 6.54 Å². The molecule has 8 heteroatoms. The molecular weight excluding hydrogens is 374 g/mol. The predicted octanol–water partition coefficient (Wildman–Crippen LogP) is 4.30. The van der Waals surface area contributed by atoms with Crippen LogP contribution in [0.4, 0.5) is 10.8 Å². The van der Waals surface area contributed by atoms with E-state index in [0.717, 1.165) is 27.8 Å². The van der Waals surface area contributed by atoms with E-state index in [1.54, 1.807) is 18.2 Å². The van der Waals surface area contributed by atoms with Crippen molar-refractivity contribution in [1.29, 1.82) is 0 Å². The number of aromatic nitrogens is 3. The number of carbonyl (C=O) groups is 1. The van der Waals surface area contributed by atoms with Crippen LogP contribution in [0.3, 0.4) is 0 Å². The van der Waals surface area contributed by atoms with Gasteiger partial charge in [0.05, 0.1) is 33.9 Å². The Hall–Kier alpha value is -3.13. The minimum Gasteiger partial charge on any atom is -0.489 e. The molecule has 7 nitrogen and oxygen atoms in total. The van der Waals surface area contributed by atoms with Crippen LogP contribution < -0.4 is 15.8 Å². The Labute approximate surface area is 166 Å². The van der Waals surface area contributed by atoms with E-state index in [1.165, 1.54) is 11.3 Å². The van der Waals surface area contributed by atoms with E-state index >= 15 is 0 Å². The topological polar surface area (TPSA) is 95.1 Å². The fourth-order valence-electron chi connectivity index (χ4n) is 3.09. The zero-order valence-corrected chi connectivity index (χ0v) is 16.7. The summed E-state index contributed by atoms with van der Waals surface area (Å²) in [7, 11) is 0. The average molecular weight is 395 g/mol. The highest BCUT2D eigenvalue weighted by Crippen LogP contribution is 2.35. The molecule has 28 heavy (non-hydrogen) atoms. The first-order valence-corrected chi connectivity index (χ1v) is 9.89. The van der Waals surface area contributed by atoms with Crippen LogP contribution in [0, 0.1) is 0 Å². The van der Waals surface area contributed by atoms with Gasteiger partial charge in [0.25, 0.3) is 0 Å². The van der Waals surface area contributed by atoms with Gasteiger partial charge in [-0.15, -0.1) is 0 Å². The minimum atomic E-state index is -0.489. The van der Waals surface area contributed by atoms with Crippen LogP contribution in [0.5, 0.6) is 5.75 Å². The number of nitrogens with one attached hydrogen (secondary N) is 1. The smallest absolute Gasteiger partial charge is 0.248 e. The lowest BCUT2D eigenvalue weighted by atomic mass is 10.1. The van der Waals surface area contributed by atoms with E-state index in [0.29, 0.717) is 22.1 Å². The molecule has 0 atom stereocenters. The number of aryl methyl sites for hydroxylation is 1. The van der Waals surface area contributed by atoms with Crippen molar-refractivity contribution in [3.63, 3.8) is 0 Å². The number of nitrogens with two attached hydrogens (primary N) is 1. The summed E-state index contributed by atoms with van der Waals surface area (Å²) >= 11 is 1.54.